The fourth-order valence-corrected chi connectivity index (χ4v) is 4.88. The molecule has 0 aliphatic carbocycles. The van der Waals surface area contributed by atoms with Gasteiger partial charge in [0.25, 0.3) is 0 Å². The number of aromatic nitrogens is 2. The van der Waals surface area contributed by atoms with Crippen molar-refractivity contribution < 1.29 is 4.42 Å². The fraction of sp³-hybridized carbons (Fsp3) is 0.172. The first-order valence-corrected chi connectivity index (χ1v) is 11.2. The quantitative estimate of drug-likeness (QED) is 0.276. The molecule has 0 bridgehead atoms. The van der Waals surface area contributed by atoms with Crippen LogP contribution in [0.25, 0.3) is 55.0 Å². The summed E-state index contributed by atoms with van der Waals surface area (Å²) in [6.45, 7) is 6.67. The fourth-order valence-electron chi connectivity index (χ4n) is 4.88. The molecule has 3 aromatic heterocycles. The van der Waals surface area contributed by atoms with Crippen LogP contribution >= 0.6 is 0 Å². The highest BCUT2D eigenvalue weighted by molar-refractivity contribution is 6.11. The lowest BCUT2D eigenvalue weighted by Gasteiger charge is -2.14. The van der Waals surface area contributed by atoms with E-state index in [-0.39, 0.29) is 0 Å². The maximum Gasteiger partial charge on any atom is 0.227 e. The first-order chi connectivity index (χ1) is 15.6. The Bertz CT molecular complexity index is 1640. The highest BCUT2D eigenvalue weighted by Crippen LogP contribution is 2.38. The third-order valence-electron chi connectivity index (χ3n) is 6.18. The van der Waals surface area contributed by atoms with E-state index in [4.69, 9.17) is 9.40 Å². The second-order valence-corrected chi connectivity index (χ2v) is 9.09. The minimum absolute atomic E-state index is 0.542. The summed E-state index contributed by atoms with van der Waals surface area (Å²) < 4.78 is 6.25. The Morgan fingerprint density at radius 3 is 2.59 bits per heavy atom. The molecule has 0 radical (unpaired) electrons. The van der Waals surface area contributed by atoms with E-state index in [0.29, 0.717) is 11.6 Å². The van der Waals surface area contributed by atoms with Crippen molar-refractivity contribution in [3.63, 3.8) is 0 Å². The van der Waals surface area contributed by atoms with Gasteiger partial charge in [-0.1, -0.05) is 44.2 Å². The van der Waals surface area contributed by atoms with Crippen LogP contribution in [0.15, 0.2) is 77.3 Å². The van der Waals surface area contributed by atoms with Gasteiger partial charge < -0.3 is 4.42 Å². The van der Waals surface area contributed by atoms with E-state index in [1.807, 2.05) is 6.07 Å². The topological polar surface area (TPSA) is 38.9 Å². The van der Waals surface area contributed by atoms with E-state index in [2.05, 4.69) is 86.4 Å². The maximum atomic E-state index is 6.25. The minimum atomic E-state index is 0.542. The molecular weight excluding hydrogens is 392 g/mol. The molecule has 32 heavy (non-hydrogen) atoms. The third kappa shape index (κ3) is 2.96. The molecule has 0 amide bonds. The second-order valence-electron chi connectivity index (χ2n) is 9.09. The van der Waals surface area contributed by atoms with E-state index in [1.165, 1.54) is 27.3 Å². The van der Waals surface area contributed by atoms with E-state index in [9.17, 15) is 0 Å². The van der Waals surface area contributed by atoms with Crippen molar-refractivity contribution in [3.05, 3.63) is 84.1 Å². The van der Waals surface area contributed by atoms with E-state index >= 15 is 0 Å². The zero-order valence-corrected chi connectivity index (χ0v) is 18.5. The zero-order chi connectivity index (χ0) is 21.8. The van der Waals surface area contributed by atoms with Gasteiger partial charge in [-0.25, -0.2) is 9.97 Å². The molecule has 156 valence electrons. The SMILES string of the molecule is Cc1cc(-c2cc(CC(C)C)c3c(ccc4ccccc43)n2)c2oc3ncccc3c2c1. The Kier molecular flexibility index (Phi) is 4.25. The van der Waals surface area contributed by atoms with Crippen LogP contribution in [0.3, 0.4) is 0 Å². The molecule has 0 fully saturated rings. The van der Waals surface area contributed by atoms with Crippen LogP contribution < -0.4 is 0 Å². The van der Waals surface area contributed by atoms with Gasteiger partial charge in [0.2, 0.25) is 5.71 Å². The number of hydrogen-bond donors (Lipinski definition) is 0. The molecule has 3 heterocycles. The molecule has 0 spiro atoms. The Hall–Kier alpha value is -3.72. The van der Waals surface area contributed by atoms with Crippen LogP contribution in [-0.4, -0.2) is 9.97 Å². The van der Waals surface area contributed by atoms with Crippen molar-refractivity contribution in [3.8, 4) is 11.3 Å². The average Bonchev–Trinajstić information content (AvgIpc) is 3.16. The molecule has 0 saturated heterocycles. The molecule has 3 heteroatoms. The van der Waals surface area contributed by atoms with E-state index in [0.717, 1.165) is 39.6 Å². The summed E-state index contributed by atoms with van der Waals surface area (Å²) >= 11 is 0. The van der Waals surface area contributed by atoms with Crippen molar-refractivity contribution in [1.29, 1.82) is 0 Å². The summed E-state index contributed by atoms with van der Waals surface area (Å²) in [5.41, 5.74) is 7.05. The molecular formula is C29H24N2O. The standard InChI is InChI=1S/C29H24N2O/c1-17(2)13-20-16-26(31-25-11-10-19-7-4-5-8-21(19)27(20)25)24-15-18(3)14-23-22-9-6-12-30-29(22)32-28(23)24/h4-12,14-17H,13H2,1-3H3. The summed E-state index contributed by atoms with van der Waals surface area (Å²) in [5, 5.41) is 5.91. The van der Waals surface area contributed by atoms with Crippen LogP contribution in [0.4, 0.5) is 0 Å². The molecule has 3 nitrogen and oxygen atoms in total. The first kappa shape index (κ1) is 19.0. The summed E-state index contributed by atoms with van der Waals surface area (Å²) in [6, 6.07) is 23.6. The van der Waals surface area contributed by atoms with Crippen LogP contribution in [0.5, 0.6) is 0 Å². The van der Waals surface area contributed by atoms with Gasteiger partial charge in [-0.2, -0.15) is 0 Å². The van der Waals surface area contributed by atoms with Crippen molar-refractivity contribution in [2.24, 2.45) is 5.92 Å². The molecule has 6 rings (SSSR count). The van der Waals surface area contributed by atoms with Gasteiger partial charge in [-0.3, -0.25) is 0 Å². The zero-order valence-electron chi connectivity index (χ0n) is 18.5. The van der Waals surface area contributed by atoms with Gasteiger partial charge in [0, 0.05) is 27.9 Å². The van der Waals surface area contributed by atoms with Gasteiger partial charge in [-0.05, 0) is 77.6 Å². The molecule has 0 unspecified atom stereocenters. The minimum Gasteiger partial charge on any atom is -0.437 e. The largest absolute Gasteiger partial charge is 0.437 e. The van der Waals surface area contributed by atoms with Crippen LogP contribution in [0.1, 0.15) is 25.0 Å². The lowest BCUT2D eigenvalue weighted by atomic mass is 9.93. The number of fused-ring (bicyclic) bond motifs is 6. The van der Waals surface area contributed by atoms with Gasteiger partial charge in [0.05, 0.1) is 11.2 Å². The molecule has 3 aromatic carbocycles. The summed E-state index contributed by atoms with van der Waals surface area (Å²) in [4.78, 5) is 9.58. The number of rotatable bonds is 3. The highest BCUT2D eigenvalue weighted by atomic mass is 16.3. The van der Waals surface area contributed by atoms with E-state index in [1.54, 1.807) is 6.20 Å². The van der Waals surface area contributed by atoms with Crippen molar-refractivity contribution in [2.45, 2.75) is 27.2 Å². The Balaban J connectivity index is 1.70. The summed E-state index contributed by atoms with van der Waals surface area (Å²) in [5.74, 6) is 0.542. The summed E-state index contributed by atoms with van der Waals surface area (Å²) in [6.07, 6.45) is 2.77. The summed E-state index contributed by atoms with van der Waals surface area (Å²) in [7, 11) is 0. The Labute approximate surface area is 186 Å². The predicted octanol–water partition coefficient (Wildman–Crippen LogP) is 7.86. The second kappa shape index (κ2) is 7.16. The van der Waals surface area contributed by atoms with Crippen molar-refractivity contribution >= 4 is 43.7 Å². The predicted molar refractivity (Wildman–Crippen MR) is 133 cm³/mol. The monoisotopic (exact) mass is 416 g/mol. The van der Waals surface area contributed by atoms with Crippen LogP contribution in [0.2, 0.25) is 0 Å². The maximum absolute atomic E-state index is 6.25. The average molecular weight is 417 g/mol. The normalized spacial score (nSPS) is 12.0. The lowest BCUT2D eigenvalue weighted by Crippen LogP contribution is -1.99. The molecule has 0 aliphatic heterocycles. The molecule has 6 aromatic rings. The van der Waals surface area contributed by atoms with Crippen LogP contribution in [0, 0.1) is 12.8 Å². The number of pyridine rings is 2. The number of hydrogen-bond acceptors (Lipinski definition) is 3. The third-order valence-corrected chi connectivity index (χ3v) is 6.18. The molecule has 0 N–H and O–H groups in total. The van der Waals surface area contributed by atoms with Gasteiger partial charge >= 0.3 is 0 Å². The van der Waals surface area contributed by atoms with Crippen molar-refractivity contribution in [2.75, 3.05) is 0 Å². The van der Waals surface area contributed by atoms with Gasteiger partial charge in [0.15, 0.2) is 0 Å². The first-order valence-electron chi connectivity index (χ1n) is 11.2. The number of nitrogens with zero attached hydrogens (tertiary/aromatic N) is 2. The molecule has 0 saturated carbocycles. The number of benzene rings is 3. The Morgan fingerprint density at radius 1 is 0.875 bits per heavy atom. The van der Waals surface area contributed by atoms with E-state index < -0.39 is 0 Å². The molecule has 0 atom stereocenters. The number of aryl methyl sites for hydroxylation is 1. The van der Waals surface area contributed by atoms with Crippen molar-refractivity contribution in [1.82, 2.24) is 9.97 Å². The van der Waals surface area contributed by atoms with Gasteiger partial charge in [-0.15, -0.1) is 0 Å². The van der Waals surface area contributed by atoms with Gasteiger partial charge in [0.1, 0.15) is 5.58 Å². The Morgan fingerprint density at radius 2 is 1.72 bits per heavy atom. The number of furan rings is 1. The smallest absolute Gasteiger partial charge is 0.227 e. The lowest BCUT2D eigenvalue weighted by molar-refractivity contribution is 0.650. The van der Waals surface area contributed by atoms with Crippen LogP contribution in [-0.2, 0) is 6.42 Å². The molecule has 0 aliphatic rings. The highest BCUT2D eigenvalue weighted by Gasteiger charge is 2.17.